The van der Waals surface area contributed by atoms with Crippen LogP contribution < -0.4 is 4.90 Å². The highest BCUT2D eigenvalue weighted by molar-refractivity contribution is 6.23. The number of carbonyl (C=O) groups is 5. The zero-order chi connectivity index (χ0) is 25.0. The third kappa shape index (κ3) is 5.31. The number of nitrogens with zero attached hydrogens (tertiary/aromatic N) is 2. The van der Waals surface area contributed by atoms with E-state index in [4.69, 9.17) is 9.47 Å². The number of ether oxygens (including phenoxy) is 2. The van der Waals surface area contributed by atoms with Crippen molar-refractivity contribution in [2.24, 2.45) is 0 Å². The van der Waals surface area contributed by atoms with Crippen LogP contribution in [0, 0.1) is 0 Å². The monoisotopic (exact) mass is 466 g/mol. The number of esters is 2. The molecule has 0 aliphatic carbocycles. The minimum absolute atomic E-state index is 0.0589. The Hall–Kier alpha value is -4.01. The molecule has 1 heterocycles. The Bertz CT molecular complexity index is 1110. The predicted molar refractivity (Wildman–Crippen MR) is 122 cm³/mol. The number of imide groups is 1. The van der Waals surface area contributed by atoms with Gasteiger partial charge in [-0.05, 0) is 52.0 Å². The summed E-state index contributed by atoms with van der Waals surface area (Å²) in [6, 6.07) is 12.4. The number of benzene rings is 2. The van der Waals surface area contributed by atoms with Gasteiger partial charge in [0.25, 0.3) is 11.8 Å². The first-order valence-electron chi connectivity index (χ1n) is 10.8. The number of carbonyl (C=O) groups excluding carboxylic acids is 5. The molecule has 0 bridgehead atoms. The van der Waals surface area contributed by atoms with Crippen LogP contribution in [0.1, 0.15) is 58.8 Å². The third-order valence-electron chi connectivity index (χ3n) is 4.87. The van der Waals surface area contributed by atoms with Gasteiger partial charge in [-0.25, -0.2) is 4.79 Å². The quantitative estimate of drug-likeness (QED) is 0.456. The highest BCUT2D eigenvalue weighted by Gasteiger charge is 2.38. The molecule has 1 aliphatic rings. The van der Waals surface area contributed by atoms with Crippen LogP contribution >= 0.6 is 0 Å². The topological polar surface area (TPSA) is 110 Å². The predicted octanol–water partition coefficient (Wildman–Crippen LogP) is 2.83. The van der Waals surface area contributed by atoms with E-state index in [1.807, 2.05) is 0 Å². The maximum absolute atomic E-state index is 13.4. The molecule has 0 unspecified atom stereocenters. The number of para-hydroxylation sites is 1. The molecule has 0 fully saturated rings. The fourth-order valence-electron chi connectivity index (χ4n) is 3.50. The lowest BCUT2D eigenvalue weighted by Gasteiger charge is -2.27. The highest BCUT2D eigenvalue weighted by atomic mass is 16.6. The van der Waals surface area contributed by atoms with Crippen molar-refractivity contribution in [2.75, 3.05) is 24.6 Å². The lowest BCUT2D eigenvalue weighted by atomic mass is 10.1. The van der Waals surface area contributed by atoms with E-state index in [9.17, 15) is 24.0 Å². The summed E-state index contributed by atoms with van der Waals surface area (Å²) in [5, 5.41) is 0. The molecule has 2 aromatic carbocycles. The molecule has 1 aliphatic heterocycles. The van der Waals surface area contributed by atoms with Gasteiger partial charge < -0.3 is 9.47 Å². The van der Waals surface area contributed by atoms with Crippen LogP contribution in [-0.2, 0) is 19.1 Å². The smallest absolute Gasteiger partial charge is 0.340 e. The minimum Gasteiger partial charge on any atom is -0.462 e. The first-order valence-corrected chi connectivity index (χ1v) is 10.8. The van der Waals surface area contributed by atoms with Gasteiger partial charge in [0.15, 0.2) is 0 Å². The van der Waals surface area contributed by atoms with Crippen molar-refractivity contribution >= 4 is 35.3 Å². The largest absolute Gasteiger partial charge is 0.462 e. The molecule has 0 atom stereocenters. The lowest BCUT2D eigenvalue weighted by Crippen LogP contribution is -2.46. The first kappa shape index (κ1) is 24.6. The average molecular weight is 466 g/mol. The van der Waals surface area contributed by atoms with Gasteiger partial charge in [-0.3, -0.25) is 29.0 Å². The molecule has 0 radical (unpaired) electrons. The van der Waals surface area contributed by atoms with Crippen molar-refractivity contribution in [3.05, 3.63) is 65.2 Å². The summed E-state index contributed by atoms with van der Waals surface area (Å²) in [6.07, 6.45) is 0. The molecule has 0 spiro atoms. The summed E-state index contributed by atoms with van der Waals surface area (Å²) in [6.45, 7) is 5.66. The molecule has 0 aromatic heterocycles. The van der Waals surface area contributed by atoms with Gasteiger partial charge in [-0.15, -0.1) is 0 Å². The van der Waals surface area contributed by atoms with Crippen LogP contribution in [0.5, 0.6) is 0 Å². The van der Waals surface area contributed by atoms with Crippen molar-refractivity contribution in [3.63, 3.8) is 0 Å². The summed E-state index contributed by atoms with van der Waals surface area (Å²) < 4.78 is 10.4. The normalized spacial score (nSPS) is 12.9. The van der Waals surface area contributed by atoms with E-state index in [-0.39, 0.29) is 29.0 Å². The van der Waals surface area contributed by atoms with E-state index in [1.54, 1.807) is 52.0 Å². The van der Waals surface area contributed by atoms with Gasteiger partial charge in [0.1, 0.15) is 18.7 Å². The van der Waals surface area contributed by atoms with Crippen LogP contribution in [0.2, 0.25) is 0 Å². The van der Waals surface area contributed by atoms with Gasteiger partial charge >= 0.3 is 11.9 Å². The molecule has 2 aromatic rings. The number of amides is 3. The number of hydrogen-bond acceptors (Lipinski definition) is 7. The van der Waals surface area contributed by atoms with E-state index in [1.165, 1.54) is 24.3 Å². The zero-order valence-electron chi connectivity index (χ0n) is 19.5. The van der Waals surface area contributed by atoms with E-state index < -0.39 is 48.4 Å². The molecule has 9 heteroatoms. The number of rotatable bonds is 7. The molecular weight excluding hydrogens is 440 g/mol. The lowest BCUT2D eigenvalue weighted by molar-refractivity contribution is -0.153. The molecule has 3 rings (SSSR count). The highest BCUT2D eigenvalue weighted by Crippen LogP contribution is 2.25. The van der Waals surface area contributed by atoms with Gasteiger partial charge in [-0.2, -0.15) is 0 Å². The summed E-state index contributed by atoms with van der Waals surface area (Å²) in [4.78, 5) is 65.9. The van der Waals surface area contributed by atoms with Crippen LogP contribution in [0.15, 0.2) is 48.5 Å². The van der Waals surface area contributed by atoms with Gasteiger partial charge in [0.05, 0.1) is 29.0 Å². The van der Waals surface area contributed by atoms with Crippen LogP contribution in [0.25, 0.3) is 0 Å². The Morgan fingerprint density at radius 3 is 2.03 bits per heavy atom. The Balaban J connectivity index is 1.94. The molecular formula is C25H26N2O7. The molecule has 9 nitrogen and oxygen atoms in total. The fraction of sp³-hybridized carbons (Fsp3) is 0.320. The summed E-state index contributed by atoms with van der Waals surface area (Å²) in [5.41, 5.74) is -0.247. The molecule has 0 N–H and O–H groups in total. The number of fused-ring (bicyclic) bond motifs is 1. The number of hydrogen-bond donors (Lipinski definition) is 0. The fourth-order valence-corrected chi connectivity index (χ4v) is 3.50. The van der Waals surface area contributed by atoms with E-state index >= 15 is 0 Å². The van der Waals surface area contributed by atoms with Gasteiger partial charge in [-0.1, -0.05) is 24.3 Å². The Morgan fingerprint density at radius 2 is 1.47 bits per heavy atom. The average Bonchev–Trinajstić information content (AvgIpc) is 3.01. The van der Waals surface area contributed by atoms with Gasteiger partial charge in [0, 0.05) is 0 Å². The maximum atomic E-state index is 13.4. The van der Waals surface area contributed by atoms with E-state index in [0.717, 1.165) is 9.80 Å². The van der Waals surface area contributed by atoms with E-state index in [2.05, 4.69) is 0 Å². The molecule has 0 saturated carbocycles. The Morgan fingerprint density at radius 1 is 0.912 bits per heavy atom. The second-order valence-electron chi connectivity index (χ2n) is 8.55. The van der Waals surface area contributed by atoms with Crippen LogP contribution in [0.4, 0.5) is 5.69 Å². The Kier molecular flexibility index (Phi) is 7.14. The van der Waals surface area contributed by atoms with Gasteiger partial charge in [0.2, 0.25) is 5.91 Å². The van der Waals surface area contributed by atoms with Crippen molar-refractivity contribution in [1.29, 1.82) is 0 Å². The first-order chi connectivity index (χ1) is 16.0. The van der Waals surface area contributed by atoms with Crippen molar-refractivity contribution < 1.29 is 33.4 Å². The molecule has 3 amide bonds. The van der Waals surface area contributed by atoms with E-state index in [0.29, 0.717) is 0 Å². The SMILES string of the molecule is CCOC(=O)c1ccccc1N(CC(=O)OC(C)(C)C)C(=O)CN1C(=O)c2ccccc2C1=O. The van der Waals surface area contributed by atoms with Crippen LogP contribution in [0.3, 0.4) is 0 Å². The summed E-state index contributed by atoms with van der Waals surface area (Å²) in [7, 11) is 0. The summed E-state index contributed by atoms with van der Waals surface area (Å²) >= 11 is 0. The van der Waals surface area contributed by atoms with Crippen LogP contribution in [-0.4, -0.2) is 59.9 Å². The number of anilines is 1. The molecule has 0 saturated heterocycles. The Labute approximate surface area is 197 Å². The third-order valence-corrected chi connectivity index (χ3v) is 4.87. The van der Waals surface area contributed by atoms with Crippen molar-refractivity contribution in [3.8, 4) is 0 Å². The second kappa shape index (κ2) is 9.86. The molecule has 34 heavy (non-hydrogen) atoms. The minimum atomic E-state index is -0.811. The zero-order valence-corrected chi connectivity index (χ0v) is 19.5. The van der Waals surface area contributed by atoms with Crippen molar-refractivity contribution in [2.45, 2.75) is 33.3 Å². The van der Waals surface area contributed by atoms with Crippen molar-refractivity contribution in [1.82, 2.24) is 4.90 Å². The standard InChI is InChI=1S/C25H26N2O7/c1-5-33-24(32)18-12-8-9-13-19(18)26(15-21(29)34-25(2,3)4)20(28)14-27-22(30)16-10-6-7-11-17(16)23(27)31/h6-13H,5,14-15H2,1-4H3. The second-order valence-corrected chi connectivity index (χ2v) is 8.55. The summed E-state index contributed by atoms with van der Waals surface area (Å²) in [5.74, 6) is -3.35. The maximum Gasteiger partial charge on any atom is 0.340 e. The molecule has 178 valence electrons.